The van der Waals surface area contributed by atoms with Crippen LogP contribution in [0.3, 0.4) is 0 Å². The van der Waals surface area contributed by atoms with E-state index in [1.165, 1.54) is 12.1 Å². The monoisotopic (exact) mass is 371 g/mol. The third-order valence-electron chi connectivity index (χ3n) is 3.39. The van der Waals surface area contributed by atoms with Crippen molar-refractivity contribution in [2.75, 3.05) is 20.2 Å². The normalized spacial score (nSPS) is 12.4. The minimum Gasteiger partial charge on any atom is -0.489 e. The molecule has 25 heavy (non-hydrogen) atoms. The zero-order valence-electron chi connectivity index (χ0n) is 13.7. The molecule has 1 unspecified atom stereocenters. The molecule has 0 bridgehead atoms. The second kappa shape index (κ2) is 9.56. The molecule has 0 saturated carbocycles. The fourth-order valence-corrected chi connectivity index (χ4v) is 2.50. The lowest BCUT2D eigenvalue weighted by Gasteiger charge is -2.21. The summed E-state index contributed by atoms with van der Waals surface area (Å²) in [6, 6.07) is 13.5. The van der Waals surface area contributed by atoms with E-state index in [-0.39, 0.29) is 12.4 Å². The van der Waals surface area contributed by atoms with E-state index >= 15 is 0 Å². The van der Waals surface area contributed by atoms with Crippen LogP contribution in [-0.2, 0) is 6.54 Å². The van der Waals surface area contributed by atoms with Gasteiger partial charge in [-0.25, -0.2) is 0 Å². The van der Waals surface area contributed by atoms with Gasteiger partial charge in [-0.15, -0.1) is 0 Å². The summed E-state index contributed by atoms with van der Waals surface area (Å²) in [5.41, 5.74) is 0.920. The molecule has 0 spiro atoms. The molecular formula is C18H20ClF2NO3. The van der Waals surface area contributed by atoms with Crippen molar-refractivity contribution in [2.45, 2.75) is 19.3 Å². The SMILES string of the molecule is CN(Cc1ccc(OC(F)F)cc1)CC(O)COc1ccccc1Cl. The van der Waals surface area contributed by atoms with Gasteiger partial charge in [0, 0.05) is 13.1 Å². The number of aliphatic hydroxyl groups excluding tert-OH is 1. The molecule has 0 aromatic heterocycles. The van der Waals surface area contributed by atoms with Crippen molar-refractivity contribution in [3.8, 4) is 11.5 Å². The molecule has 1 N–H and O–H groups in total. The number of rotatable bonds is 9. The first kappa shape index (κ1) is 19.4. The Morgan fingerprint density at radius 3 is 2.44 bits per heavy atom. The van der Waals surface area contributed by atoms with E-state index in [0.29, 0.717) is 23.9 Å². The number of hydrogen-bond acceptors (Lipinski definition) is 4. The predicted octanol–water partition coefficient (Wildman–Crippen LogP) is 3.81. The summed E-state index contributed by atoms with van der Waals surface area (Å²) in [7, 11) is 1.85. The van der Waals surface area contributed by atoms with Crippen LogP contribution in [0.5, 0.6) is 11.5 Å². The topological polar surface area (TPSA) is 41.9 Å². The van der Waals surface area contributed by atoms with Crippen LogP contribution in [0.1, 0.15) is 5.56 Å². The summed E-state index contributed by atoms with van der Waals surface area (Å²) in [5, 5.41) is 10.6. The van der Waals surface area contributed by atoms with Gasteiger partial charge in [-0.1, -0.05) is 35.9 Å². The van der Waals surface area contributed by atoms with Crippen LogP contribution in [-0.4, -0.2) is 42.9 Å². The number of hydrogen-bond donors (Lipinski definition) is 1. The van der Waals surface area contributed by atoms with Gasteiger partial charge in [0.15, 0.2) is 0 Å². The van der Waals surface area contributed by atoms with Crippen molar-refractivity contribution in [3.05, 3.63) is 59.1 Å². The van der Waals surface area contributed by atoms with Crippen molar-refractivity contribution in [3.63, 3.8) is 0 Å². The molecule has 0 saturated heterocycles. The van der Waals surface area contributed by atoms with Crippen molar-refractivity contribution in [1.29, 1.82) is 0 Å². The van der Waals surface area contributed by atoms with Gasteiger partial charge >= 0.3 is 6.61 Å². The Morgan fingerprint density at radius 2 is 1.80 bits per heavy atom. The molecule has 0 heterocycles. The molecule has 0 fully saturated rings. The molecule has 0 aliphatic rings. The van der Waals surface area contributed by atoms with E-state index in [0.717, 1.165) is 5.56 Å². The Bertz CT molecular complexity index is 655. The summed E-state index contributed by atoms with van der Waals surface area (Å²) in [6.45, 7) is -1.77. The average molecular weight is 372 g/mol. The molecule has 2 aromatic rings. The summed E-state index contributed by atoms with van der Waals surface area (Å²) in [4.78, 5) is 1.91. The van der Waals surface area contributed by atoms with Crippen molar-refractivity contribution in [1.82, 2.24) is 4.90 Å². The van der Waals surface area contributed by atoms with E-state index in [9.17, 15) is 13.9 Å². The Morgan fingerprint density at radius 1 is 1.12 bits per heavy atom. The number of ether oxygens (including phenoxy) is 2. The third kappa shape index (κ3) is 6.86. The number of halogens is 3. The Kier molecular flexibility index (Phi) is 7.43. The summed E-state index contributed by atoms with van der Waals surface area (Å²) >= 11 is 5.99. The zero-order chi connectivity index (χ0) is 18.2. The molecular weight excluding hydrogens is 352 g/mol. The lowest BCUT2D eigenvalue weighted by Crippen LogP contribution is -2.32. The van der Waals surface area contributed by atoms with Crippen LogP contribution in [0.15, 0.2) is 48.5 Å². The number of nitrogens with zero attached hydrogens (tertiary/aromatic N) is 1. The molecule has 0 aliphatic heterocycles. The quantitative estimate of drug-likeness (QED) is 0.727. The van der Waals surface area contributed by atoms with Gasteiger partial charge in [0.1, 0.15) is 24.2 Å². The van der Waals surface area contributed by atoms with Gasteiger partial charge in [0.25, 0.3) is 0 Å². The van der Waals surface area contributed by atoms with E-state index < -0.39 is 12.7 Å². The van der Waals surface area contributed by atoms with E-state index in [1.54, 1.807) is 36.4 Å². The molecule has 1 atom stereocenters. The lowest BCUT2D eigenvalue weighted by molar-refractivity contribution is -0.0498. The van der Waals surface area contributed by atoms with Crippen LogP contribution in [0.2, 0.25) is 5.02 Å². The lowest BCUT2D eigenvalue weighted by atomic mass is 10.2. The molecule has 0 amide bonds. The Hall–Kier alpha value is -1.89. The highest BCUT2D eigenvalue weighted by Gasteiger charge is 2.11. The fraction of sp³-hybridized carbons (Fsp3) is 0.333. The number of benzene rings is 2. The molecule has 2 rings (SSSR count). The maximum Gasteiger partial charge on any atom is 0.387 e. The van der Waals surface area contributed by atoms with Gasteiger partial charge < -0.3 is 14.6 Å². The number of likely N-dealkylation sites (N-methyl/N-ethyl adjacent to an activating group) is 1. The molecule has 2 aromatic carbocycles. The summed E-state index contributed by atoms with van der Waals surface area (Å²) in [6.07, 6.45) is -0.692. The molecule has 0 aliphatic carbocycles. The van der Waals surface area contributed by atoms with E-state index in [2.05, 4.69) is 4.74 Å². The van der Waals surface area contributed by atoms with Gasteiger partial charge in [0.05, 0.1) is 5.02 Å². The second-order valence-electron chi connectivity index (χ2n) is 5.61. The van der Waals surface area contributed by atoms with Crippen LogP contribution in [0.4, 0.5) is 8.78 Å². The van der Waals surface area contributed by atoms with Crippen LogP contribution in [0, 0.1) is 0 Å². The number of aliphatic hydroxyl groups is 1. The van der Waals surface area contributed by atoms with Gasteiger partial charge in [-0.3, -0.25) is 4.90 Å². The zero-order valence-corrected chi connectivity index (χ0v) is 14.5. The van der Waals surface area contributed by atoms with Crippen LogP contribution >= 0.6 is 11.6 Å². The number of para-hydroxylation sites is 1. The standard InChI is InChI=1S/C18H20ClF2NO3/c1-22(10-13-6-8-15(9-7-13)25-18(20)21)11-14(23)12-24-17-5-3-2-4-16(17)19/h2-9,14,18,23H,10-12H2,1H3. The molecule has 136 valence electrons. The first-order chi connectivity index (χ1) is 11.9. The minimum absolute atomic E-state index is 0.120. The first-order valence-electron chi connectivity index (χ1n) is 7.71. The minimum atomic E-state index is -2.83. The molecule has 7 heteroatoms. The van der Waals surface area contributed by atoms with Gasteiger partial charge in [-0.05, 0) is 36.9 Å². The third-order valence-corrected chi connectivity index (χ3v) is 3.70. The average Bonchev–Trinajstić information content (AvgIpc) is 2.55. The Labute approximate surface area is 150 Å². The predicted molar refractivity (Wildman–Crippen MR) is 92.4 cm³/mol. The summed E-state index contributed by atoms with van der Waals surface area (Å²) < 4.78 is 34.0. The van der Waals surface area contributed by atoms with E-state index in [4.69, 9.17) is 16.3 Å². The highest BCUT2D eigenvalue weighted by atomic mass is 35.5. The first-order valence-corrected chi connectivity index (χ1v) is 8.09. The molecule has 4 nitrogen and oxygen atoms in total. The van der Waals surface area contributed by atoms with Gasteiger partial charge in [0.2, 0.25) is 0 Å². The second-order valence-corrected chi connectivity index (χ2v) is 6.02. The highest BCUT2D eigenvalue weighted by molar-refractivity contribution is 6.32. The van der Waals surface area contributed by atoms with Gasteiger partial charge in [-0.2, -0.15) is 8.78 Å². The maximum atomic E-state index is 12.1. The smallest absolute Gasteiger partial charge is 0.387 e. The van der Waals surface area contributed by atoms with Crippen LogP contribution < -0.4 is 9.47 Å². The van der Waals surface area contributed by atoms with Crippen LogP contribution in [0.25, 0.3) is 0 Å². The Balaban J connectivity index is 1.77. The highest BCUT2D eigenvalue weighted by Crippen LogP contribution is 2.23. The molecule has 0 radical (unpaired) electrons. The van der Waals surface area contributed by atoms with E-state index in [1.807, 2.05) is 11.9 Å². The largest absolute Gasteiger partial charge is 0.489 e. The van der Waals surface area contributed by atoms with Crippen molar-refractivity contribution < 1.29 is 23.4 Å². The fourth-order valence-electron chi connectivity index (χ4n) is 2.31. The summed E-state index contributed by atoms with van der Waals surface area (Å²) in [5.74, 6) is 0.648. The maximum absolute atomic E-state index is 12.1. The van der Waals surface area contributed by atoms with Crippen molar-refractivity contribution >= 4 is 11.6 Å². The number of alkyl halides is 2. The van der Waals surface area contributed by atoms with Crippen molar-refractivity contribution in [2.24, 2.45) is 0 Å².